The molecule has 1 N–H and O–H groups in total. The van der Waals surface area contributed by atoms with Crippen molar-refractivity contribution in [1.29, 1.82) is 0 Å². The maximum absolute atomic E-state index is 5.13. The Balaban J connectivity index is 2.06. The van der Waals surface area contributed by atoms with Crippen LogP contribution in [0.25, 0.3) is 0 Å². The molecule has 0 aliphatic carbocycles. The molecule has 94 valence electrons. The Bertz CT molecular complexity index is 499. The molecule has 0 saturated heterocycles. The fraction of sp³-hybridized carbons (Fsp3) is 0.231. The van der Waals surface area contributed by atoms with Gasteiger partial charge in [-0.15, -0.1) is 0 Å². The lowest BCUT2D eigenvalue weighted by Gasteiger charge is -2.14. The van der Waals surface area contributed by atoms with Gasteiger partial charge in [0.2, 0.25) is 5.95 Å². The van der Waals surface area contributed by atoms with Crippen molar-refractivity contribution in [2.45, 2.75) is 13.0 Å². The zero-order valence-corrected chi connectivity index (χ0v) is 11.8. The third kappa shape index (κ3) is 3.20. The minimum atomic E-state index is 0.136. The molecular formula is C13H14BrN3O. The van der Waals surface area contributed by atoms with E-state index in [0.717, 1.165) is 15.8 Å². The van der Waals surface area contributed by atoms with Gasteiger partial charge in [-0.25, -0.2) is 9.97 Å². The van der Waals surface area contributed by atoms with Crippen LogP contribution in [0.4, 0.5) is 5.95 Å². The highest BCUT2D eigenvalue weighted by Crippen LogP contribution is 2.20. The normalized spacial score (nSPS) is 11.9. The number of rotatable bonds is 4. The van der Waals surface area contributed by atoms with Crippen molar-refractivity contribution < 1.29 is 4.74 Å². The Morgan fingerprint density at radius 2 is 1.78 bits per heavy atom. The first-order chi connectivity index (χ1) is 8.69. The summed E-state index contributed by atoms with van der Waals surface area (Å²) < 4.78 is 6.00. The van der Waals surface area contributed by atoms with Crippen LogP contribution in [0.3, 0.4) is 0 Å². The van der Waals surface area contributed by atoms with Crippen LogP contribution in [-0.4, -0.2) is 17.1 Å². The largest absolute Gasteiger partial charge is 0.497 e. The number of benzene rings is 1. The highest BCUT2D eigenvalue weighted by Gasteiger charge is 2.06. The van der Waals surface area contributed by atoms with Crippen LogP contribution in [0.1, 0.15) is 18.5 Å². The highest BCUT2D eigenvalue weighted by atomic mass is 79.9. The summed E-state index contributed by atoms with van der Waals surface area (Å²) in [7, 11) is 1.66. The van der Waals surface area contributed by atoms with Gasteiger partial charge in [-0.05, 0) is 40.5 Å². The Morgan fingerprint density at radius 1 is 1.17 bits per heavy atom. The average molecular weight is 308 g/mol. The van der Waals surface area contributed by atoms with Gasteiger partial charge in [-0.1, -0.05) is 12.1 Å². The van der Waals surface area contributed by atoms with Gasteiger partial charge in [0.05, 0.1) is 17.6 Å². The number of methoxy groups -OCH3 is 1. The number of nitrogens with one attached hydrogen (secondary N) is 1. The molecular weight excluding hydrogens is 294 g/mol. The monoisotopic (exact) mass is 307 g/mol. The van der Waals surface area contributed by atoms with Crippen molar-refractivity contribution in [2.75, 3.05) is 12.4 Å². The molecule has 1 heterocycles. The van der Waals surface area contributed by atoms with E-state index < -0.39 is 0 Å². The summed E-state index contributed by atoms with van der Waals surface area (Å²) in [6.07, 6.45) is 3.44. The van der Waals surface area contributed by atoms with Gasteiger partial charge in [-0.2, -0.15) is 0 Å². The summed E-state index contributed by atoms with van der Waals surface area (Å²) >= 11 is 3.31. The average Bonchev–Trinajstić information content (AvgIpc) is 2.41. The molecule has 0 fully saturated rings. The molecule has 0 radical (unpaired) electrons. The lowest BCUT2D eigenvalue weighted by atomic mass is 10.1. The number of hydrogen-bond acceptors (Lipinski definition) is 4. The number of anilines is 1. The molecule has 0 amide bonds. The van der Waals surface area contributed by atoms with Crippen molar-refractivity contribution in [2.24, 2.45) is 0 Å². The predicted octanol–water partition coefficient (Wildman–Crippen LogP) is 3.42. The lowest BCUT2D eigenvalue weighted by Crippen LogP contribution is -2.09. The topological polar surface area (TPSA) is 47.0 Å². The third-order valence-electron chi connectivity index (χ3n) is 2.58. The molecule has 1 aromatic carbocycles. The first-order valence-electron chi connectivity index (χ1n) is 5.57. The SMILES string of the molecule is COc1ccc(C(C)Nc2ncc(Br)cn2)cc1. The van der Waals surface area contributed by atoms with Crippen LogP contribution in [0.2, 0.25) is 0 Å². The summed E-state index contributed by atoms with van der Waals surface area (Å²) in [6, 6.07) is 8.06. The van der Waals surface area contributed by atoms with E-state index in [1.165, 1.54) is 0 Å². The zero-order chi connectivity index (χ0) is 13.0. The van der Waals surface area contributed by atoms with E-state index in [1.54, 1.807) is 19.5 Å². The van der Waals surface area contributed by atoms with E-state index in [2.05, 4.69) is 38.1 Å². The number of hydrogen-bond donors (Lipinski definition) is 1. The van der Waals surface area contributed by atoms with Gasteiger partial charge in [0.25, 0.3) is 0 Å². The van der Waals surface area contributed by atoms with E-state index in [9.17, 15) is 0 Å². The van der Waals surface area contributed by atoms with Gasteiger partial charge >= 0.3 is 0 Å². The third-order valence-corrected chi connectivity index (χ3v) is 2.99. The van der Waals surface area contributed by atoms with Crippen molar-refractivity contribution in [3.63, 3.8) is 0 Å². The molecule has 0 aliphatic rings. The number of halogens is 1. The molecule has 2 aromatic rings. The van der Waals surface area contributed by atoms with Crippen LogP contribution >= 0.6 is 15.9 Å². The quantitative estimate of drug-likeness (QED) is 0.940. The van der Waals surface area contributed by atoms with Crippen LogP contribution in [0, 0.1) is 0 Å². The number of nitrogens with zero attached hydrogens (tertiary/aromatic N) is 2. The number of aromatic nitrogens is 2. The van der Waals surface area contributed by atoms with E-state index in [-0.39, 0.29) is 6.04 Å². The molecule has 1 unspecified atom stereocenters. The molecule has 0 bridgehead atoms. The standard InChI is InChI=1S/C13H14BrN3O/c1-9(10-3-5-12(18-2)6-4-10)17-13-15-7-11(14)8-16-13/h3-9H,1-2H3,(H,15,16,17). The van der Waals surface area contributed by atoms with Crippen molar-refractivity contribution in [1.82, 2.24) is 9.97 Å². The molecule has 4 nitrogen and oxygen atoms in total. The fourth-order valence-electron chi connectivity index (χ4n) is 1.56. The molecule has 5 heteroatoms. The summed E-state index contributed by atoms with van der Waals surface area (Å²) in [6.45, 7) is 2.06. The van der Waals surface area contributed by atoms with Crippen LogP contribution < -0.4 is 10.1 Å². The number of ether oxygens (including phenoxy) is 1. The second-order valence-corrected chi connectivity index (χ2v) is 4.78. The Kier molecular flexibility index (Phi) is 4.15. The van der Waals surface area contributed by atoms with Crippen LogP contribution in [0.15, 0.2) is 41.1 Å². The summed E-state index contributed by atoms with van der Waals surface area (Å²) in [5.41, 5.74) is 1.15. The maximum atomic E-state index is 5.13. The second-order valence-electron chi connectivity index (χ2n) is 3.86. The van der Waals surface area contributed by atoms with Crippen molar-refractivity contribution >= 4 is 21.9 Å². The predicted molar refractivity (Wildman–Crippen MR) is 74.8 cm³/mol. The minimum absolute atomic E-state index is 0.136. The van der Waals surface area contributed by atoms with Gasteiger partial charge in [0.15, 0.2) is 0 Å². The zero-order valence-electron chi connectivity index (χ0n) is 10.2. The van der Waals surface area contributed by atoms with Crippen molar-refractivity contribution in [3.05, 3.63) is 46.7 Å². The molecule has 18 heavy (non-hydrogen) atoms. The second kappa shape index (κ2) is 5.82. The van der Waals surface area contributed by atoms with E-state index in [0.29, 0.717) is 5.95 Å². The molecule has 1 aromatic heterocycles. The van der Waals surface area contributed by atoms with E-state index in [1.807, 2.05) is 24.3 Å². The smallest absolute Gasteiger partial charge is 0.223 e. The summed E-state index contributed by atoms with van der Waals surface area (Å²) in [5, 5.41) is 3.24. The van der Waals surface area contributed by atoms with Crippen molar-refractivity contribution in [3.8, 4) is 5.75 Å². The van der Waals surface area contributed by atoms with Gasteiger partial charge in [-0.3, -0.25) is 0 Å². The minimum Gasteiger partial charge on any atom is -0.497 e. The molecule has 1 atom stereocenters. The molecule has 2 rings (SSSR count). The Morgan fingerprint density at radius 3 is 2.33 bits per heavy atom. The molecule has 0 saturated carbocycles. The Hall–Kier alpha value is -1.62. The fourth-order valence-corrected chi connectivity index (χ4v) is 1.76. The molecule has 0 spiro atoms. The lowest BCUT2D eigenvalue weighted by molar-refractivity contribution is 0.414. The first-order valence-corrected chi connectivity index (χ1v) is 6.36. The highest BCUT2D eigenvalue weighted by molar-refractivity contribution is 9.10. The van der Waals surface area contributed by atoms with Gasteiger partial charge in [0.1, 0.15) is 5.75 Å². The maximum Gasteiger partial charge on any atom is 0.223 e. The van der Waals surface area contributed by atoms with Crippen LogP contribution in [0.5, 0.6) is 5.75 Å². The van der Waals surface area contributed by atoms with E-state index in [4.69, 9.17) is 4.74 Å². The van der Waals surface area contributed by atoms with Gasteiger partial charge < -0.3 is 10.1 Å². The van der Waals surface area contributed by atoms with E-state index >= 15 is 0 Å². The summed E-state index contributed by atoms with van der Waals surface area (Å²) in [5.74, 6) is 1.47. The summed E-state index contributed by atoms with van der Waals surface area (Å²) in [4.78, 5) is 8.37. The first kappa shape index (κ1) is 12.8. The Labute approximate surface area is 115 Å². The van der Waals surface area contributed by atoms with Gasteiger partial charge in [0, 0.05) is 12.4 Å². The van der Waals surface area contributed by atoms with Crippen LogP contribution in [-0.2, 0) is 0 Å². The molecule has 0 aliphatic heterocycles.